The molecule has 1 saturated heterocycles. The van der Waals surface area contributed by atoms with Crippen molar-refractivity contribution in [1.29, 1.82) is 0 Å². The summed E-state index contributed by atoms with van der Waals surface area (Å²) in [5.41, 5.74) is -0.809. The Morgan fingerprint density at radius 2 is 2.14 bits per heavy atom. The smallest absolute Gasteiger partial charge is 0.338 e. The first-order chi connectivity index (χ1) is 9.77. The van der Waals surface area contributed by atoms with Crippen LogP contribution in [0.2, 0.25) is 0 Å². The van der Waals surface area contributed by atoms with Gasteiger partial charge in [0.2, 0.25) is 10.0 Å². The number of ether oxygens (including phenoxy) is 2. The molecule has 1 heterocycles. The second-order valence-corrected chi connectivity index (χ2v) is 5.97. The monoisotopic (exact) mass is 316 g/mol. The molecule has 0 aromatic heterocycles. The number of hydrogen-bond acceptors (Lipinski definition) is 7. The van der Waals surface area contributed by atoms with E-state index in [4.69, 9.17) is 14.6 Å². The van der Waals surface area contributed by atoms with Gasteiger partial charge in [-0.15, -0.1) is 0 Å². The Bertz CT molecular complexity index is 680. The van der Waals surface area contributed by atoms with Gasteiger partial charge < -0.3 is 9.47 Å². The van der Waals surface area contributed by atoms with Crippen molar-refractivity contribution in [3.05, 3.63) is 33.9 Å². The van der Waals surface area contributed by atoms with Crippen LogP contribution in [0.4, 0.5) is 5.69 Å². The van der Waals surface area contributed by atoms with Crippen molar-refractivity contribution in [3.8, 4) is 0 Å². The first-order valence-corrected chi connectivity index (χ1v) is 7.43. The predicted molar refractivity (Wildman–Crippen MR) is 69.1 cm³/mol. The third kappa shape index (κ3) is 3.74. The number of sulfonamides is 1. The number of non-ortho nitro benzene ring substituents is 1. The molecule has 2 N–H and O–H groups in total. The summed E-state index contributed by atoms with van der Waals surface area (Å²) >= 11 is 0. The Morgan fingerprint density at radius 3 is 2.67 bits per heavy atom. The summed E-state index contributed by atoms with van der Waals surface area (Å²) in [5, 5.41) is 15.7. The van der Waals surface area contributed by atoms with Crippen LogP contribution in [0.25, 0.3) is 0 Å². The van der Waals surface area contributed by atoms with Gasteiger partial charge in [0, 0.05) is 18.6 Å². The van der Waals surface area contributed by atoms with Gasteiger partial charge in [0.1, 0.15) is 6.10 Å². The minimum atomic E-state index is -4.18. The number of carbonyl (C=O) groups is 1. The number of primary sulfonamides is 1. The van der Waals surface area contributed by atoms with Crippen LogP contribution in [0.15, 0.2) is 23.1 Å². The number of nitro groups is 1. The van der Waals surface area contributed by atoms with E-state index in [1.165, 1.54) is 0 Å². The van der Waals surface area contributed by atoms with Crippen molar-refractivity contribution in [1.82, 2.24) is 0 Å². The lowest BCUT2D eigenvalue weighted by atomic mass is 10.2. The summed E-state index contributed by atoms with van der Waals surface area (Å²) in [7, 11) is -4.18. The summed E-state index contributed by atoms with van der Waals surface area (Å²) in [6, 6.07) is 2.66. The molecule has 1 aliphatic rings. The molecule has 0 radical (unpaired) electrons. The van der Waals surface area contributed by atoms with Crippen molar-refractivity contribution in [3.63, 3.8) is 0 Å². The summed E-state index contributed by atoms with van der Waals surface area (Å²) < 4.78 is 32.7. The van der Waals surface area contributed by atoms with Gasteiger partial charge in [-0.1, -0.05) is 0 Å². The Kier molecular flexibility index (Phi) is 4.21. The standard InChI is InChI=1S/C11H12N2O7S/c12-21(17,18)10-4-7(3-8(5-10)13(15)16)11(14)20-9-1-2-19-6-9/h3-5,9H,1-2,6H2,(H2,12,17,18). The van der Waals surface area contributed by atoms with Crippen molar-refractivity contribution in [2.45, 2.75) is 17.4 Å². The van der Waals surface area contributed by atoms with Gasteiger partial charge in [0.05, 0.1) is 28.6 Å². The van der Waals surface area contributed by atoms with E-state index >= 15 is 0 Å². The molecular weight excluding hydrogens is 304 g/mol. The van der Waals surface area contributed by atoms with Crippen LogP contribution in [-0.2, 0) is 19.5 Å². The molecule has 114 valence electrons. The van der Waals surface area contributed by atoms with Crippen molar-refractivity contribution < 1.29 is 27.6 Å². The molecule has 1 fully saturated rings. The minimum absolute atomic E-state index is 0.239. The number of carbonyl (C=O) groups excluding carboxylic acids is 1. The van der Waals surface area contributed by atoms with Gasteiger partial charge in [0.25, 0.3) is 5.69 Å². The molecule has 1 aromatic carbocycles. The van der Waals surface area contributed by atoms with E-state index in [9.17, 15) is 23.3 Å². The zero-order valence-electron chi connectivity index (χ0n) is 10.7. The van der Waals surface area contributed by atoms with E-state index in [1.807, 2.05) is 0 Å². The lowest BCUT2D eigenvalue weighted by Gasteiger charge is -2.10. The molecule has 21 heavy (non-hydrogen) atoms. The predicted octanol–water partition coefficient (Wildman–Crippen LogP) is 0.188. The third-order valence-electron chi connectivity index (χ3n) is 2.83. The maximum Gasteiger partial charge on any atom is 0.338 e. The highest BCUT2D eigenvalue weighted by molar-refractivity contribution is 7.89. The lowest BCUT2D eigenvalue weighted by Crippen LogP contribution is -2.19. The molecule has 9 nitrogen and oxygen atoms in total. The van der Waals surface area contributed by atoms with Gasteiger partial charge in [-0.25, -0.2) is 18.4 Å². The van der Waals surface area contributed by atoms with Crippen LogP contribution in [0, 0.1) is 10.1 Å². The maximum absolute atomic E-state index is 11.9. The highest BCUT2D eigenvalue weighted by Gasteiger charge is 2.24. The van der Waals surface area contributed by atoms with Crippen LogP contribution in [0.1, 0.15) is 16.8 Å². The van der Waals surface area contributed by atoms with E-state index < -0.39 is 37.6 Å². The number of nitro benzene ring substituents is 1. The Labute approximate surface area is 119 Å². The van der Waals surface area contributed by atoms with Crippen LogP contribution in [0.5, 0.6) is 0 Å². The summed E-state index contributed by atoms with van der Waals surface area (Å²) in [4.78, 5) is 21.4. The average molecular weight is 316 g/mol. The zero-order chi connectivity index (χ0) is 15.6. The SMILES string of the molecule is NS(=O)(=O)c1cc(C(=O)OC2CCOC2)cc([N+](=O)[O-])c1. The van der Waals surface area contributed by atoms with Crippen LogP contribution < -0.4 is 5.14 Å². The normalized spacial score (nSPS) is 18.4. The highest BCUT2D eigenvalue weighted by atomic mass is 32.2. The molecule has 1 aliphatic heterocycles. The fourth-order valence-electron chi connectivity index (χ4n) is 1.80. The maximum atomic E-state index is 11.9. The molecule has 0 spiro atoms. The molecule has 1 unspecified atom stereocenters. The number of nitrogens with zero attached hydrogens (tertiary/aromatic N) is 1. The third-order valence-corrected chi connectivity index (χ3v) is 3.72. The fourth-order valence-corrected chi connectivity index (χ4v) is 2.37. The number of hydrogen-bond donors (Lipinski definition) is 1. The highest BCUT2D eigenvalue weighted by Crippen LogP contribution is 2.21. The molecule has 1 atom stereocenters. The van der Waals surface area contributed by atoms with Crippen LogP contribution in [-0.4, -0.2) is 38.6 Å². The second kappa shape index (κ2) is 5.76. The van der Waals surface area contributed by atoms with E-state index in [0.29, 0.717) is 13.0 Å². The van der Waals surface area contributed by atoms with E-state index in [1.54, 1.807) is 0 Å². The van der Waals surface area contributed by atoms with Gasteiger partial charge in [-0.3, -0.25) is 10.1 Å². The molecule has 0 amide bonds. The van der Waals surface area contributed by atoms with E-state index in [0.717, 1.165) is 18.2 Å². The van der Waals surface area contributed by atoms with Crippen molar-refractivity contribution in [2.24, 2.45) is 5.14 Å². The molecule has 0 aliphatic carbocycles. The first-order valence-electron chi connectivity index (χ1n) is 5.88. The van der Waals surface area contributed by atoms with Crippen molar-refractivity contribution in [2.75, 3.05) is 13.2 Å². The van der Waals surface area contributed by atoms with Crippen molar-refractivity contribution >= 4 is 21.7 Å². The lowest BCUT2D eigenvalue weighted by molar-refractivity contribution is -0.385. The molecule has 0 bridgehead atoms. The van der Waals surface area contributed by atoms with E-state index in [-0.39, 0.29) is 12.2 Å². The summed E-state index contributed by atoms with van der Waals surface area (Å²) in [6.45, 7) is 0.692. The fraction of sp³-hybridized carbons (Fsp3) is 0.364. The quantitative estimate of drug-likeness (QED) is 0.475. The largest absolute Gasteiger partial charge is 0.456 e. The van der Waals surface area contributed by atoms with Gasteiger partial charge in [0.15, 0.2) is 0 Å². The molecule has 2 rings (SSSR count). The number of rotatable bonds is 4. The Balaban J connectivity index is 2.35. The van der Waals surface area contributed by atoms with E-state index in [2.05, 4.69) is 0 Å². The minimum Gasteiger partial charge on any atom is -0.456 e. The Hall–Kier alpha value is -2.04. The first kappa shape index (κ1) is 15.4. The molecular formula is C11H12N2O7S. The van der Waals surface area contributed by atoms with Gasteiger partial charge in [-0.05, 0) is 6.07 Å². The number of benzene rings is 1. The summed E-state index contributed by atoms with van der Waals surface area (Å²) in [5.74, 6) is -0.862. The van der Waals surface area contributed by atoms with Crippen LogP contribution >= 0.6 is 0 Å². The number of nitrogens with two attached hydrogens (primary N) is 1. The van der Waals surface area contributed by atoms with Gasteiger partial charge in [-0.2, -0.15) is 0 Å². The molecule has 0 saturated carbocycles. The Morgan fingerprint density at radius 1 is 1.43 bits per heavy atom. The zero-order valence-corrected chi connectivity index (χ0v) is 11.5. The van der Waals surface area contributed by atoms with Gasteiger partial charge >= 0.3 is 5.97 Å². The second-order valence-electron chi connectivity index (χ2n) is 4.41. The summed E-state index contributed by atoms with van der Waals surface area (Å²) in [6.07, 6.45) is 0.0672. The topological polar surface area (TPSA) is 139 Å². The number of esters is 1. The average Bonchev–Trinajstić information content (AvgIpc) is 2.90. The molecule has 10 heteroatoms. The molecule has 1 aromatic rings. The van der Waals surface area contributed by atoms with Crippen LogP contribution in [0.3, 0.4) is 0 Å².